The van der Waals surface area contributed by atoms with Crippen LogP contribution in [0.2, 0.25) is 0 Å². The van der Waals surface area contributed by atoms with Crippen molar-refractivity contribution >= 4 is 23.7 Å². The van der Waals surface area contributed by atoms with Crippen LogP contribution >= 0.6 is 0 Å². The van der Waals surface area contributed by atoms with Gasteiger partial charge in [0.05, 0.1) is 12.8 Å². The van der Waals surface area contributed by atoms with Gasteiger partial charge in [0.2, 0.25) is 5.91 Å². The average Bonchev–Trinajstić information content (AvgIpc) is 2.76. The van der Waals surface area contributed by atoms with Crippen molar-refractivity contribution in [3.05, 3.63) is 29.8 Å². The van der Waals surface area contributed by atoms with Gasteiger partial charge in [-0.1, -0.05) is 12.1 Å². The van der Waals surface area contributed by atoms with Gasteiger partial charge < -0.3 is 30.7 Å². The highest BCUT2D eigenvalue weighted by Gasteiger charge is 2.10. The fourth-order valence-electron chi connectivity index (χ4n) is 2.72. The van der Waals surface area contributed by atoms with E-state index in [1.807, 2.05) is 0 Å². The lowest BCUT2D eigenvalue weighted by Crippen LogP contribution is -2.48. The second kappa shape index (κ2) is 16.5. The Hall–Kier alpha value is -3.18. The number of carbonyl (C=O) groups is 4. The molecule has 6 N–H and O–H groups in total. The number of urea groups is 1. The third kappa shape index (κ3) is 15.3. The number of hydroxylamine groups is 1. The molecule has 0 aliphatic rings. The molecule has 1 aromatic rings. The molecule has 0 aliphatic heterocycles. The Morgan fingerprint density at radius 1 is 0.970 bits per heavy atom. The maximum Gasteiger partial charge on any atom is 0.312 e. The highest BCUT2D eigenvalue weighted by molar-refractivity contribution is 5.76. The van der Waals surface area contributed by atoms with Crippen LogP contribution in [-0.4, -0.2) is 43.1 Å². The summed E-state index contributed by atoms with van der Waals surface area (Å²) in [6.45, 7) is 3.70. The van der Waals surface area contributed by atoms with E-state index in [9.17, 15) is 19.2 Å². The van der Waals surface area contributed by atoms with Gasteiger partial charge in [-0.15, -0.1) is 5.48 Å². The Balaban J connectivity index is 2.44. The zero-order chi connectivity index (χ0) is 24.5. The molecule has 1 unspecified atom stereocenters. The summed E-state index contributed by atoms with van der Waals surface area (Å²) in [6, 6.07) is 6.45. The van der Waals surface area contributed by atoms with Crippen LogP contribution in [0.15, 0.2) is 24.3 Å². The SMILES string of the molecule is CC(=O)CCCCC(=O)NCNC(CCCNC(N)=O)NOc1ccc(COC(C)=O)cc1. The summed E-state index contributed by atoms with van der Waals surface area (Å²) in [5.74, 6) is 0.221. The number of ketones is 1. The van der Waals surface area contributed by atoms with Gasteiger partial charge in [-0.2, -0.15) is 0 Å². The number of ether oxygens (including phenoxy) is 1. The molecule has 0 spiro atoms. The van der Waals surface area contributed by atoms with Crippen LogP contribution < -0.4 is 32.0 Å². The van der Waals surface area contributed by atoms with E-state index in [1.165, 1.54) is 13.8 Å². The minimum atomic E-state index is -0.588. The maximum absolute atomic E-state index is 11.9. The molecular formula is C22H35N5O6. The number of nitrogens with two attached hydrogens (primary N) is 1. The van der Waals surface area contributed by atoms with E-state index in [-0.39, 0.29) is 37.1 Å². The number of primary amides is 1. The maximum atomic E-state index is 11.9. The van der Waals surface area contributed by atoms with Gasteiger partial charge in [0.15, 0.2) is 0 Å². The molecule has 0 saturated heterocycles. The van der Waals surface area contributed by atoms with E-state index in [4.69, 9.17) is 15.3 Å². The first-order chi connectivity index (χ1) is 15.8. The van der Waals surface area contributed by atoms with Gasteiger partial charge in [0, 0.05) is 26.3 Å². The van der Waals surface area contributed by atoms with Crippen molar-refractivity contribution in [2.75, 3.05) is 13.2 Å². The van der Waals surface area contributed by atoms with Crippen LogP contribution in [0.5, 0.6) is 5.75 Å². The molecular weight excluding hydrogens is 430 g/mol. The molecule has 11 nitrogen and oxygen atoms in total. The summed E-state index contributed by atoms with van der Waals surface area (Å²) in [5, 5.41) is 8.44. The molecule has 33 heavy (non-hydrogen) atoms. The molecule has 0 fully saturated rings. The quantitative estimate of drug-likeness (QED) is 0.0993. The second-order valence-electron chi connectivity index (χ2n) is 7.52. The molecule has 1 rings (SSSR count). The van der Waals surface area contributed by atoms with Crippen LogP contribution in [0.4, 0.5) is 4.79 Å². The molecule has 1 atom stereocenters. The van der Waals surface area contributed by atoms with E-state index in [0.29, 0.717) is 50.8 Å². The van der Waals surface area contributed by atoms with Gasteiger partial charge in [-0.25, -0.2) is 4.79 Å². The predicted molar refractivity (Wildman–Crippen MR) is 122 cm³/mol. The zero-order valence-electron chi connectivity index (χ0n) is 19.3. The van der Waals surface area contributed by atoms with Crippen LogP contribution in [0, 0.1) is 0 Å². The Morgan fingerprint density at radius 2 is 1.67 bits per heavy atom. The van der Waals surface area contributed by atoms with Gasteiger partial charge >= 0.3 is 12.0 Å². The lowest BCUT2D eigenvalue weighted by atomic mass is 10.1. The van der Waals surface area contributed by atoms with Crippen molar-refractivity contribution in [1.29, 1.82) is 0 Å². The number of amides is 3. The topological polar surface area (TPSA) is 161 Å². The Morgan fingerprint density at radius 3 is 2.30 bits per heavy atom. The van der Waals surface area contributed by atoms with E-state index in [2.05, 4.69) is 21.4 Å². The monoisotopic (exact) mass is 465 g/mol. The van der Waals surface area contributed by atoms with Gasteiger partial charge in [0.25, 0.3) is 0 Å². The van der Waals surface area contributed by atoms with Crippen molar-refractivity contribution in [3.8, 4) is 5.75 Å². The van der Waals surface area contributed by atoms with Crippen LogP contribution in [0.1, 0.15) is 57.9 Å². The number of benzene rings is 1. The lowest BCUT2D eigenvalue weighted by Gasteiger charge is -2.21. The van der Waals surface area contributed by atoms with Crippen molar-refractivity contribution in [2.45, 2.75) is 65.1 Å². The lowest BCUT2D eigenvalue weighted by molar-refractivity contribution is -0.142. The van der Waals surface area contributed by atoms with Crippen LogP contribution in [-0.2, 0) is 25.7 Å². The molecule has 3 amide bonds. The summed E-state index contributed by atoms with van der Waals surface area (Å²) >= 11 is 0. The van der Waals surface area contributed by atoms with Crippen molar-refractivity contribution in [2.24, 2.45) is 5.73 Å². The van der Waals surface area contributed by atoms with E-state index in [1.54, 1.807) is 24.3 Å². The largest absolute Gasteiger partial charge is 0.461 e. The molecule has 0 aromatic heterocycles. The Bertz CT molecular complexity index is 756. The number of nitrogens with one attached hydrogen (secondary N) is 4. The predicted octanol–water partition coefficient (Wildman–Crippen LogP) is 1.22. The van der Waals surface area contributed by atoms with Crippen molar-refractivity contribution in [3.63, 3.8) is 0 Å². The molecule has 1 aromatic carbocycles. The van der Waals surface area contributed by atoms with Crippen molar-refractivity contribution < 1.29 is 28.8 Å². The molecule has 0 radical (unpaired) electrons. The summed E-state index contributed by atoms with van der Waals surface area (Å²) in [5.41, 5.74) is 8.81. The normalized spacial score (nSPS) is 11.3. The number of hydrogen-bond donors (Lipinski definition) is 5. The second-order valence-corrected chi connectivity index (χ2v) is 7.52. The smallest absolute Gasteiger partial charge is 0.312 e. The molecule has 11 heteroatoms. The summed E-state index contributed by atoms with van der Waals surface area (Å²) in [4.78, 5) is 50.2. The zero-order valence-corrected chi connectivity index (χ0v) is 19.3. The first-order valence-electron chi connectivity index (χ1n) is 10.9. The summed E-state index contributed by atoms with van der Waals surface area (Å²) in [6.07, 6.45) is 3.07. The van der Waals surface area contributed by atoms with Crippen molar-refractivity contribution in [1.82, 2.24) is 21.4 Å². The number of unbranched alkanes of at least 4 members (excludes halogenated alkanes) is 1. The number of hydrogen-bond acceptors (Lipinski definition) is 8. The highest BCUT2D eigenvalue weighted by Crippen LogP contribution is 2.12. The first kappa shape index (κ1) is 27.9. The fourth-order valence-corrected chi connectivity index (χ4v) is 2.72. The van der Waals surface area contributed by atoms with Gasteiger partial charge in [-0.3, -0.25) is 14.9 Å². The summed E-state index contributed by atoms with van der Waals surface area (Å²) in [7, 11) is 0. The first-order valence-corrected chi connectivity index (χ1v) is 10.9. The molecule has 0 bridgehead atoms. The van der Waals surface area contributed by atoms with Crippen LogP contribution in [0.3, 0.4) is 0 Å². The summed E-state index contributed by atoms with van der Waals surface area (Å²) < 4.78 is 4.95. The number of carbonyl (C=O) groups excluding carboxylic acids is 4. The standard InChI is InChI=1S/C22H35N5O6/c1-16(28)6-3-4-8-21(30)26-15-25-20(7-5-13-24-22(23)31)27-33-19-11-9-18(10-12-19)14-32-17(2)29/h9-12,20,25,27H,3-8,13-15H2,1-2H3,(H,26,30)(H3,23,24,31). The number of esters is 1. The fraction of sp³-hybridized carbons (Fsp3) is 0.545. The molecule has 184 valence electrons. The Kier molecular flexibility index (Phi) is 13.9. The van der Waals surface area contributed by atoms with E-state index < -0.39 is 6.03 Å². The van der Waals surface area contributed by atoms with E-state index in [0.717, 1.165) is 5.56 Å². The minimum Gasteiger partial charge on any atom is -0.461 e. The third-order valence-corrected chi connectivity index (χ3v) is 4.47. The molecule has 0 saturated carbocycles. The number of Topliss-reactive ketones (excluding diaryl/α,β-unsaturated/α-hetero) is 1. The molecule has 0 aliphatic carbocycles. The van der Waals surface area contributed by atoms with Crippen LogP contribution in [0.25, 0.3) is 0 Å². The minimum absolute atomic E-state index is 0.107. The third-order valence-electron chi connectivity index (χ3n) is 4.47. The van der Waals surface area contributed by atoms with Gasteiger partial charge in [0.1, 0.15) is 18.1 Å². The highest BCUT2D eigenvalue weighted by atomic mass is 16.6. The average molecular weight is 466 g/mol. The molecule has 0 heterocycles. The Labute approximate surface area is 194 Å². The number of rotatable bonds is 17. The van der Waals surface area contributed by atoms with Gasteiger partial charge in [-0.05, 0) is 50.3 Å². The van der Waals surface area contributed by atoms with E-state index >= 15 is 0 Å².